The van der Waals surface area contributed by atoms with Crippen LogP contribution < -0.4 is 0 Å². The zero-order chi connectivity index (χ0) is 11.8. The highest BCUT2D eigenvalue weighted by Gasteiger charge is 2.06. The number of hydrogen-bond acceptors (Lipinski definition) is 2. The average molecular weight is 221 g/mol. The third kappa shape index (κ3) is 4.94. The van der Waals surface area contributed by atoms with E-state index in [1.807, 2.05) is 30.0 Å². The maximum Gasteiger partial charge on any atom is 0.317 e. The van der Waals surface area contributed by atoms with Gasteiger partial charge in [-0.3, -0.25) is 9.69 Å². The zero-order valence-electron chi connectivity index (χ0n) is 9.72. The Morgan fingerprint density at radius 2 is 2.00 bits per heavy atom. The first-order valence-electron chi connectivity index (χ1n) is 5.70. The second-order valence-corrected chi connectivity index (χ2v) is 3.85. The van der Waals surface area contributed by atoms with Crippen molar-refractivity contribution in [2.24, 2.45) is 0 Å². The summed E-state index contributed by atoms with van der Waals surface area (Å²) >= 11 is 0. The van der Waals surface area contributed by atoms with Crippen LogP contribution in [0.1, 0.15) is 18.9 Å². The van der Waals surface area contributed by atoms with Crippen molar-refractivity contribution >= 4 is 5.97 Å². The number of aliphatic carboxylic acids is 1. The SMILES string of the molecule is CCN(CCCc1ccccc1)CC(=O)O. The van der Waals surface area contributed by atoms with Gasteiger partial charge in [-0.1, -0.05) is 37.3 Å². The van der Waals surface area contributed by atoms with Crippen molar-refractivity contribution < 1.29 is 9.90 Å². The molecule has 0 saturated carbocycles. The van der Waals surface area contributed by atoms with Crippen LogP contribution in [0.25, 0.3) is 0 Å². The minimum atomic E-state index is -0.749. The van der Waals surface area contributed by atoms with Crippen LogP contribution in [-0.2, 0) is 11.2 Å². The molecule has 0 spiro atoms. The number of carbonyl (C=O) groups is 1. The van der Waals surface area contributed by atoms with E-state index >= 15 is 0 Å². The van der Waals surface area contributed by atoms with Crippen molar-refractivity contribution in [3.8, 4) is 0 Å². The summed E-state index contributed by atoms with van der Waals surface area (Å²) in [7, 11) is 0. The van der Waals surface area contributed by atoms with Crippen LogP contribution in [0, 0.1) is 0 Å². The standard InChI is InChI=1S/C13H19NO2/c1-2-14(11-13(15)16)10-6-9-12-7-4-3-5-8-12/h3-5,7-8H,2,6,9-11H2,1H3,(H,15,16). The summed E-state index contributed by atoms with van der Waals surface area (Å²) in [6.45, 7) is 3.77. The third-order valence-corrected chi connectivity index (χ3v) is 2.59. The Bertz CT molecular complexity index is 311. The van der Waals surface area contributed by atoms with Crippen LogP contribution in [-0.4, -0.2) is 35.6 Å². The molecule has 0 bridgehead atoms. The maximum atomic E-state index is 10.6. The van der Waals surface area contributed by atoms with Crippen LogP contribution in [0.4, 0.5) is 0 Å². The van der Waals surface area contributed by atoms with Crippen molar-refractivity contribution in [1.29, 1.82) is 0 Å². The van der Waals surface area contributed by atoms with E-state index in [9.17, 15) is 4.79 Å². The molecule has 1 rings (SSSR count). The third-order valence-electron chi connectivity index (χ3n) is 2.59. The molecule has 16 heavy (non-hydrogen) atoms. The topological polar surface area (TPSA) is 40.5 Å². The molecule has 0 radical (unpaired) electrons. The first-order valence-corrected chi connectivity index (χ1v) is 5.70. The summed E-state index contributed by atoms with van der Waals surface area (Å²) in [6.07, 6.45) is 2.02. The van der Waals surface area contributed by atoms with Crippen LogP contribution in [0.3, 0.4) is 0 Å². The van der Waals surface area contributed by atoms with Gasteiger partial charge in [-0.25, -0.2) is 0 Å². The van der Waals surface area contributed by atoms with Crippen molar-refractivity contribution in [3.63, 3.8) is 0 Å². The normalized spacial score (nSPS) is 10.6. The minimum Gasteiger partial charge on any atom is -0.480 e. The minimum absolute atomic E-state index is 0.144. The first-order chi connectivity index (χ1) is 7.72. The van der Waals surface area contributed by atoms with Crippen LogP contribution >= 0.6 is 0 Å². The predicted molar refractivity (Wildman–Crippen MR) is 64.5 cm³/mol. The van der Waals surface area contributed by atoms with Gasteiger partial charge in [0.05, 0.1) is 6.54 Å². The van der Waals surface area contributed by atoms with Gasteiger partial charge in [-0.2, -0.15) is 0 Å². The number of aryl methyl sites for hydroxylation is 1. The Morgan fingerprint density at radius 3 is 2.56 bits per heavy atom. The number of benzene rings is 1. The summed E-state index contributed by atoms with van der Waals surface area (Å²) in [5.41, 5.74) is 1.31. The summed E-state index contributed by atoms with van der Waals surface area (Å²) in [5.74, 6) is -0.749. The van der Waals surface area contributed by atoms with Crippen LogP contribution in [0.15, 0.2) is 30.3 Å². The molecule has 0 aliphatic heterocycles. The Kier molecular flexibility index (Phi) is 5.57. The Labute approximate surface area is 96.7 Å². The molecule has 88 valence electrons. The molecule has 0 aliphatic carbocycles. The maximum absolute atomic E-state index is 10.6. The molecule has 3 heteroatoms. The zero-order valence-corrected chi connectivity index (χ0v) is 9.72. The summed E-state index contributed by atoms with van der Waals surface area (Å²) in [4.78, 5) is 12.5. The van der Waals surface area contributed by atoms with Crippen molar-refractivity contribution in [1.82, 2.24) is 4.90 Å². The lowest BCUT2D eigenvalue weighted by Gasteiger charge is -2.17. The molecular weight excluding hydrogens is 202 g/mol. The van der Waals surface area contributed by atoms with E-state index in [0.29, 0.717) is 0 Å². The number of hydrogen-bond donors (Lipinski definition) is 1. The van der Waals surface area contributed by atoms with Crippen molar-refractivity contribution in [3.05, 3.63) is 35.9 Å². The lowest BCUT2D eigenvalue weighted by atomic mass is 10.1. The second kappa shape index (κ2) is 7.01. The molecule has 0 fully saturated rings. The Morgan fingerprint density at radius 1 is 1.31 bits per heavy atom. The van der Waals surface area contributed by atoms with Gasteiger partial charge in [0.15, 0.2) is 0 Å². The summed E-state index contributed by atoms with van der Waals surface area (Å²) in [5, 5.41) is 8.69. The van der Waals surface area contributed by atoms with E-state index < -0.39 is 5.97 Å². The predicted octanol–water partition coefficient (Wildman–Crippen LogP) is 2.03. The van der Waals surface area contributed by atoms with Gasteiger partial charge in [0.25, 0.3) is 0 Å². The molecule has 0 amide bonds. The van der Waals surface area contributed by atoms with Gasteiger partial charge in [0, 0.05) is 0 Å². The molecule has 3 nitrogen and oxygen atoms in total. The lowest BCUT2D eigenvalue weighted by molar-refractivity contribution is -0.138. The Hall–Kier alpha value is -1.35. The van der Waals surface area contributed by atoms with E-state index in [2.05, 4.69) is 12.1 Å². The fourth-order valence-corrected chi connectivity index (χ4v) is 1.69. The number of nitrogens with zero attached hydrogens (tertiary/aromatic N) is 1. The van der Waals surface area contributed by atoms with E-state index in [1.165, 1.54) is 5.56 Å². The van der Waals surface area contributed by atoms with E-state index in [-0.39, 0.29) is 6.54 Å². The first kappa shape index (κ1) is 12.7. The van der Waals surface area contributed by atoms with Crippen LogP contribution in [0.5, 0.6) is 0 Å². The molecule has 0 atom stereocenters. The van der Waals surface area contributed by atoms with Crippen molar-refractivity contribution in [2.75, 3.05) is 19.6 Å². The van der Waals surface area contributed by atoms with Crippen LogP contribution in [0.2, 0.25) is 0 Å². The summed E-state index contributed by atoms with van der Waals surface area (Å²) < 4.78 is 0. The highest BCUT2D eigenvalue weighted by Crippen LogP contribution is 2.03. The van der Waals surface area contributed by atoms with E-state index in [1.54, 1.807) is 0 Å². The highest BCUT2D eigenvalue weighted by atomic mass is 16.4. The molecule has 1 N–H and O–H groups in total. The fraction of sp³-hybridized carbons (Fsp3) is 0.462. The van der Waals surface area contributed by atoms with Gasteiger partial charge in [0.2, 0.25) is 0 Å². The molecule has 1 aromatic carbocycles. The quantitative estimate of drug-likeness (QED) is 0.766. The van der Waals surface area contributed by atoms with E-state index in [0.717, 1.165) is 25.9 Å². The van der Waals surface area contributed by atoms with Gasteiger partial charge in [-0.05, 0) is 31.5 Å². The summed E-state index contributed by atoms with van der Waals surface area (Å²) in [6, 6.07) is 10.3. The highest BCUT2D eigenvalue weighted by molar-refractivity contribution is 5.69. The van der Waals surface area contributed by atoms with Gasteiger partial charge in [-0.15, -0.1) is 0 Å². The lowest BCUT2D eigenvalue weighted by Crippen LogP contribution is -2.30. The monoisotopic (exact) mass is 221 g/mol. The average Bonchev–Trinajstić information content (AvgIpc) is 2.28. The molecular formula is C13H19NO2. The van der Waals surface area contributed by atoms with Crippen molar-refractivity contribution in [2.45, 2.75) is 19.8 Å². The molecule has 1 aromatic rings. The van der Waals surface area contributed by atoms with Gasteiger partial charge in [0.1, 0.15) is 0 Å². The number of carboxylic acid groups (broad SMARTS) is 1. The molecule has 0 aliphatic rings. The number of carboxylic acids is 1. The number of likely N-dealkylation sites (N-methyl/N-ethyl adjacent to an activating group) is 1. The Balaban J connectivity index is 2.26. The molecule has 0 unspecified atom stereocenters. The van der Waals surface area contributed by atoms with Gasteiger partial charge >= 0.3 is 5.97 Å². The molecule has 0 aromatic heterocycles. The molecule has 0 heterocycles. The largest absolute Gasteiger partial charge is 0.480 e. The second-order valence-electron chi connectivity index (χ2n) is 3.85. The van der Waals surface area contributed by atoms with E-state index in [4.69, 9.17) is 5.11 Å². The number of rotatable bonds is 7. The molecule has 0 saturated heterocycles. The fourth-order valence-electron chi connectivity index (χ4n) is 1.69. The smallest absolute Gasteiger partial charge is 0.317 e. The van der Waals surface area contributed by atoms with Gasteiger partial charge < -0.3 is 5.11 Å².